The molecule has 0 fully saturated rings. The van der Waals surface area contributed by atoms with Crippen molar-refractivity contribution in [1.29, 1.82) is 0 Å². The fourth-order valence-corrected chi connectivity index (χ4v) is 3.13. The highest BCUT2D eigenvalue weighted by Crippen LogP contribution is 2.13. The molecule has 0 unspecified atom stereocenters. The minimum absolute atomic E-state index is 0.0129. The molecule has 0 radical (unpaired) electrons. The molecule has 0 saturated carbocycles. The number of carbonyl (C=O) groups excluding carboxylic acids is 2. The predicted molar refractivity (Wildman–Crippen MR) is 108 cm³/mol. The monoisotopic (exact) mass is 369 g/mol. The summed E-state index contributed by atoms with van der Waals surface area (Å²) in [6.07, 6.45) is 2.89. The van der Waals surface area contributed by atoms with Gasteiger partial charge in [-0.15, -0.1) is 0 Å². The first-order chi connectivity index (χ1) is 12.9. The van der Waals surface area contributed by atoms with E-state index in [4.69, 9.17) is 0 Å². The van der Waals surface area contributed by atoms with E-state index < -0.39 is 0 Å². The molecular weight excluding hydrogens is 338 g/mol. The normalized spacial score (nSPS) is 10.9. The summed E-state index contributed by atoms with van der Waals surface area (Å²) in [6, 6.07) is 14.4. The summed E-state index contributed by atoms with van der Waals surface area (Å²) >= 11 is 0. The van der Waals surface area contributed by atoms with E-state index in [2.05, 4.69) is 22.8 Å². The second kappa shape index (κ2) is 9.95. The van der Waals surface area contributed by atoms with Crippen molar-refractivity contribution in [2.75, 3.05) is 13.1 Å². The number of benzene rings is 1. The van der Waals surface area contributed by atoms with Gasteiger partial charge in [0.1, 0.15) is 0 Å². The van der Waals surface area contributed by atoms with Crippen molar-refractivity contribution in [2.24, 2.45) is 0 Å². The number of amides is 2. The second-order valence-corrected chi connectivity index (χ2v) is 7.17. The van der Waals surface area contributed by atoms with E-state index in [1.54, 1.807) is 4.90 Å². The van der Waals surface area contributed by atoms with E-state index in [0.29, 0.717) is 13.1 Å². The van der Waals surface area contributed by atoms with Crippen LogP contribution in [0, 0.1) is 0 Å². The van der Waals surface area contributed by atoms with Crippen LogP contribution in [-0.4, -0.2) is 45.3 Å². The summed E-state index contributed by atoms with van der Waals surface area (Å²) in [6.45, 7) is 9.62. The van der Waals surface area contributed by atoms with Crippen molar-refractivity contribution in [1.82, 2.24) is 14.4 Å². The van der Waals surface area contributed by atoms with E-state index in [1.165, 1.54) is 12.5 Å². The van der Waals surface area contributed by atoms with Crippen LogP contribution in [0.1, 0.15) is 45.4 Å². The largest absolute Gasteiger partial charge is 0.345 e. The molecule has 2 rings (SSSR count). The molecule has 1 aromatic heterocycles. The Morgan fingerprint density at radius 3 is 2.37 bits per heavy atom. The van der Waals surface area contributed by atoms with Gasteiger partial charge in [-0.3, -0.25) is 9.59 Å². The van der Waals surface area contributed by atoms with Crippen molar-refractivity contribution >= 4 is 11.8 Å². The molecule has 0 atom stereocenters. The quantitative estimate of drug-likeness (QED) is 0.679. The van der Waals surface area contributed by atoms with Gasteiger partial charge in [0.05, 0.1) is 13.1 Å². The SMILES string of the molecule is CCCN(CC(=O)N(Cc1cccn1Cc1ccccc1)C(C)C)C(C)=O. The lowest BCUT2D eigenvalue weighted by Crippen LogP contribution is -2.45. The molecule has 1 heterocycles. The molecule has 0 spiro atoms. The molecule has 0 N–H and O–H groups in total. The van der Waals surface area contributed by atoms with Crippen LogP contribution in [-0.2, 0) is 22.7 Å². The number of rotatable bonds is 9. The van der Waals surface area contributed by atoms with Crippen LogP contribution in [0.15, 0.2) is 48.7 Å². The van der Waals surface area contributed by atoms with Gasteiger partial charge in [0, 0.05) is 37.9 Å². The molecule has 2 amide bonds. The Kier molecular flexibility index (Phi) is 7.65. The summed E-state index contributed by atoms with van der Waals surface area (Å²) in [5, 5.41) is 0. The van der Waals surface area contributed by atoms with Crippen LogP contribution < -0.4 is 0 Å². The smallest absolute Gasteiger partial charge is 0.242 e. The van der Waals surface area contributed by atoms with Crippen molar-refractivity contribution < 1.29 is 9.59 Å². The Morgan fingerprint density at radius 1 is 1.07 bits per heavy atom. The van der Waals surface area contributed by atoms with Crippen molar-refractivity contribution in [3.63, 3.8) is 0 Å². The molecule has 0 aliphatic carbocycles. The number of hydrogen-bond donors (Lipinski definition) is 0. The van der Waals surface area contributed by atoms with Gasteiger partial charge in [-0.25, -0.2) is 0 Å². The number of hydrogen-bond acceptors (Lipinski definition) is 2. The summed E-state index contributed by atoms with van der Waals surface area (Å²) in [5.41, 5.74) is 2.31. The highest BCUT2D eigenvalue weighted by Gasteiger charge is 2.22. The molecule has 0 saturated heterocycles. The van der Waals surface area contributed by atoms with Gasteiger partial charge in [-0.05, 0) is 38.0 Å². The third-order valence-electron chi connectivity index (χ3n) is 4.66. The molecule has 5 nitrogen and oxygen atoms in total. The zero-order valence-corrected chi connectivity index (χ0v) is 16.9. The Hall–Kier alpha value is -2.56. The van der Waals surface area contributed by atoms with Gasteiger partial charge in [0.2, 0.25) is 11.8 Å². The molecule has 2 aromatic rings. The van der Waals surface area contributed by atoms with Crippen LogP contribution in [0.3, 0.4) is 0 Å². The van der Waals surface area contributed by atoms with Crippen LogP contribution in [0.2, 0.25) is 0 Å². The van der Waals surface area contributed by atoms with Crippen LogP contribution in [0.25, 0.3) is 0 Å². The van der Waals surface area contributed by atoms with E-state index in [-0.39, 0.29) is 24.4 Å². The van der Waals surface area contributed by atoms with Gasteiger partial charge in [0.25, 0.3) is 0 Å². The maximum atomic E-state index is 12.9. The minimum Gasteiger partial charge on any atom is -0.345 e. The standard InChI is InChI=1S/C22H31N3O2/c1-5-13-23(19(4)26)17-22(27)25(18(2)3)16-21-12-9-14-24(21)15-20-10-7-6-8-11-20/h6-12,14,18H,5,13,15-17H2,1-4H3. The third kappa shape index (κ3) is 5.98. The van der Waals surface area contributed by atoms with E-state index >= 15 is 0 Å². The van der Waals surface area contributed by atoms with E-state index in [0.717, 1.165) is 18.7 Å². The van der Waals surface area contributed by atoms with Crippen LogP contribution in [0.4, 0.5) is 0 Å². The molecule has 27 heavy (non-hydrogen) atoms. The first-order valence-corrected chi connectivity index (χ1v) is 9.65. The molecule has 146 valence electrons. The van der Waals surface area contributed by atoms with Crippen LogP contribution >= 0.6 is 0 Å². The van der Waals surface area contributed by atoms with Gasteiger partial charge in [-0.1, -0.05) is 37.3 Å². The third-order valence-corrected chi connectivity index (χ3v) is 4.66. The summed E-state index contributed by atoms with van der Waals surface area (Å²) in [4.78, 5) is 28.2. The zero-order valence-electron chi connectivity index (χ0n) is 16.9. The maximum Gasteiger partial charge on any atom is 0.242 e. The summed E-state index contributed by atoms with van der Waals surface area (Å²) in [5.74, 6) is -0.0672. The summed E-state index contributed by atoms with van der Waals surface area (Å²) in [7, 11) is 0. The summed E-state index contributed by atoms with van der Waals surface area (Å²) < 4.78 is 2.17. The first-order valence-electron chi connectivity index (χ1n) is 9.65. The van der Waals surface area contributed by atoms with Gasteiger partial charge >= 0.3 is 0 Å². The van der Waals surface area contributed by atoms with Gasteiger partial charge in [-0.2, -0.15) is 0 Å². The molecule has 0 aliphatic heterocycles. The van der Waals surface area contributed by atoms with Crippen molar-refractivity contribution in [3.8, 4) is 0 Å². The molecule has 0 aliphatic rings. The van der Waals surface area contributed by atoms with Crippen molar-refractivity contribution in [3.05, 3.63) is 59.9 Å². The average molecular weight is 370 g/mol. The number of carbonyl (C=O) groups is 2. The number of nitrogens with zero attached hydrogens (tertiary/aromatic N) is 3. The molecule has 5 heteroatoms. The first kappa shape index (κ1) is 20.7. The maximum absolute atomic E-state index is 12.9. The topological polar surface area (TPSA) is 45.6 Å². The van der Waals surface area contributed by atoms with Crippen LogP contribution in [0.5, 0.6) is 0 Å². The average Bonchev–Trinajstić information content (AvgIpc) is 3.06. The zero-order chi connectivity index (χ0) is 19.8. The Morgan fingerprint density at radius 2 is 1.78 bits per heavy atom. The Labute approximate surface area is 162 Å². The lowest BCUT2D eigenvalue weighted by molar-refractivity contribution is -0.141. The van der Waals surface area contributed by atoms with E-state index in [1.807, 2.05) is 56.1 Å². The Balaban J connectivity index is 2.11. The van der Waals surface area contributed by atoms with E-state index in [9.17, 15) is 9.59 Å². The highest BCUT2D eigenvalue weighted by atomic mass is 16.2. The van der Waals surface area contributed by atoms with Gasteiger partial charge < -0.3 is 14.4 Å². The lowest BCUT2D eigenvalue weighted by atomic mass is 10.2. The van der Waals surface area contributed by atoms with Crippen molar-refractivity contribution in [2.45, 2.75) is 53.2 Å². The lowest BCUT2D eigenvalue weighted by Gasteiger charge is -2.30. The fourth-order valence-electron chi connectivity index (χ4n) is 3.13. The second-order valence-electron chi connectivity index (χ2n) is 7.17. The fraction of sp³-hybridized carbons (Fsp3) is 0.455. The molecule has 0 bridgehead atoms. The Bertz CT molecular complexity index is 737. The van der Waals surface area contributed by atoms with Gasteiger partial charge in [0.15, 0.2) is 0 Å². The number of aromatic nitrogens is 1. The highest BCUT2D eigenvalue weighted by molar-refractivity contribution is 5.84. The minimum atomic E-state index is -0.0543. The molecule has 1 aromatic carbocycles. The molecular formula is C22H31N3O2. The predicted octanol–water partition coefficient (Wildman–Crippen LogP) is 3.53.